The monoisotopic (exact) mass is 388 g/mol. The van der Waals surface area contributed by atoms with Crippen LogP contribution in [0.5, 0.6) is 0 Å². The highest BCUT2D eigenvalue weighted by molar-refractivity contribution is 9.10. The van der Waals surface area contributed by atoms with Gasteiger partial charge in [0.2, 0.25) is 0 Å². The SMILES string of the molecule is NC(=S)C1(NC(=O)c2ccc(Cl)c(Br)c2)CCCCCC1. The zero-order chi connectivity index (χ0) is 15.5. The minimum Gasteiger partial charge on any atom is -0.391 e. The molecule has 3 N–H and O–H groups in total. The van der Waals surface area contributed by atoms with Crippen LogP contribution in [0, 0.1) is 0 Å². The molecule has 3 nitrogen and oxygen atoms in total. The Morgan fingerprint density at radius 3 is 2.43 bits per heavy atom. The van der Waals surface area contributed by atoms with Crippen LogP contribution >= 0.6 is 39.7 Å². The number of nitrogens with one attached hydrogen (secondary N) is 1. The molecule has 0 bridgehead atoms. The van der Waals surface area contributed by atoms with Crippen molar-refractivity contribution in [2.24, 2.45) is 5.73 Å². The summed E-state index contributed by atoms with van der Waals surface area (Å²) in [6.07, 6.45) is 6.00. The Kier molecular flexibility index (Phi) is 5.63. The number of halogens is 2. The molecule has 0 aromatic heterocycles. The zero-order valence-corrected chi connectivity index (χ0v) is 14.8. The molecule has 0 heterocycles. The highest BCUT2D eigenvalue weighted by atomic mass is 79.9. The van der Waals surface area contributed by atoms with Crippen molar-refractivity contribution in [3.05, 3.63) is 33.3 Å². The van der Waals surface area contributed by atoms with Gasteiger partial charge in [-0.25, -0.2) is 0 Å². The smallest absolute Gasteiger partial charge is 0.252 e. The van der Waals surface area contributed by atoms with Crippen LogP contribution in [0.3, 0.4) is 0 Å². The third kappa shape index (κ3) is 3.96. The third-order valence-corrected chi connectivity index (χ3v) is 5.57. The fourth-order valence-corrected chi connectivity index (χ4v) is 3.44. The highest BCUT2D eigenvalue weighted by Crippen LogP contribution is 2.29. The molecule has 0 atom stereocenters. The number of carbonyl (C=O) groups is 1. The lowest BCUT2D eigenvalue weighted by Crippen LogP contribution is -2.56. The largest absolute Gasteiger partial charge is 0.391 e. The fraction of sp³-hybridized carbons (Fsp3) is 0.467. The van der Waals surface area contributed by atoms with E-state index in [-0.39, 0.29) is 5.91 Å². The van der Waals surface area contributed by atoms with Gasteiger partial charge >= 0.3 is 0 Å². The van der Waals surface area contributed by atoms with Crippen LogP contribution in [0.2, 0.25) is 5.02 Å². The summed E-state index contributed by atoms with van der Waals surface area (Å²) in [4.78, 5) is 12.9. The van der Waals surface area contributed by atoms with E-state index < -0.39 is 5.54 Å². The lowest BCUT2D eigenvalue weighted by Gasteiger charge is -2.33. The summed E-state index contributed by atoms with van der Waals surface area (Å²) in [7, 11) is 0. The Balaban J connectivity index is 2.21. The molecule has 1 aliphatic carbocycles. The Morgan fingerprint density at radius 1 is 1.29 bits per heavy atom. The summed E-state index contributed by atoms with van der Waals surface area (Å²) < 4.78 is 0.696. The van der Waals surface area contributed by atoms with Crippen LogP contribution in [-0.2, 0) is 0 Å². The standard InChI is InChI=1S/C15H18BrClN2OS/c16-11-9-10(5-6-12(11)17)13(20)19-15(14(18)21)7-3-1-2-4-8-15/h5-6,9H,1-4,7-8H2,(H2,18,21)(H,19,20). The first kappa shape index (κ1) is 16.7. The normalized spacial score (nSPS) is 17.8. The maximum Gasteiger partial charge on any atom is 0.252 e. The number of hydrogen-bond donors (Lipinski definition) is 2. The lowest BCUT2D eigenvalue weighted by atomic mass is 9.89. The summed E-state index contributed by atoms with van der Waals surface area (Å²) in [5.41, 5.74) is 5.93. The van der Waals surface area contributed by atoms with Gasteiger partial charge in [-0.1, -0.05) is 49.5 Å². The molecule has 1 fully saturated rings. The van der Waals surface area contributed by atoms with Gasteiger partial charge in [0.25, 0.3) is 5.91 Å². The zero-order valence-electron chi connectivity index (χ0n) is 11.6. The number of rotatable bonds is 3. The molecule has 21 heavy (non-hydrogen) atoms. The van der Waals surface area contributed by atoms with E-state index in [0.717, 1.165) is 38.5 Å². The fourth-order valence-electron chi connectivity index (χ4n) is 2.69. The van der Waals surface area contributed by atoms with Gasteiger partial charge in [-0.15, -0.1) is 0 Å². The number of thiocarbonyl (C=S) groups is 1. The van der Waals surface area contributed by atoms with Crippen molar-refractivity contribution in [3.63, 3.8) is 0 Å². The lowest BCUT2D eigenvalue weighted by molar-refractivity contribution is 0.0917. The van der Waals surface area contributed by atoms with Crippen LogP contribution in [0.4, 0.5) is 0 Å². The van der Waals surface area contributed by atoms with E-state index >= 15 is 0 Å². The second-order valence-corrected chi connectivity index (χ2v) is 7.14. The van der Waals surface area contributed by atoms with Crippen LogP contribution in [0.25, 0.3) is 0 Å². The topological polar surface area (TPSA) is 55.1 Å². The molecule has 0 unspecified atom stereocenters. The average Bonchev–Trinajstić information content (AvgIpc) is 2.68. The van der Waals surface area contributed by atoms with Gasteiger partial charge in [-0.3, -0.25) is 4.79 Å². The maximum absolute atomic E-state index is 12.5. The Hall–Kier alpha value is -0.650. The van der Waals surface area contributed by atoms with E-state index in [1.165, 1.54) is 0 Å². The minimum absolute atomic E-state index is 0.165. The van der Waals surface area contributed by atoms with Crippen LogP contribution in [-0.4, -0.2) is 16.4 Å². The quantitative estimate of drug-likeness (QED) is 0.601. The summed E-state index contributed by atoms with van der Waals surface area (Å²) in [6.45, 7) is 0. The number of benzene rings is 1. The average molecular weight is 390 g/mol. The summed E-state index contributed by atoms with van der Waals surface area (Å²) >= 11 is 14.5. The minimum atomic E-state index is -0.560. The molecule has 0 spiro atoms. The van der Waals surface area contributed by atoms with Crippen LogP contribution in [0.1, 0.15) is 48.9 Å². The molecule has 1 amide bonds. The van der Waals surface area contributed by atoms with E-state index in [9.17, 15) is 4.79 Å². The molecule has 6 heteroatoms. The van der Waals surface area contributed by atoms with E-state index in [1.807, 2.05) is 0 Å². The predicted octanol–water partition coefficient (Wildman–Crippen LogP) is 4.21. The second-order valence-electron chi connectivity index (χ2n) is 5.44. The molecule has 1 saturated carbocycles. The first-order valence-electron chi connectivity index (χ1n) is 7.02. The van der Waals surface area contributed by atoms with Gasteiger partial charge in [0.15, 0.2) is 0 Å². The predicted molar refractivity (Wildman–Crippen MR) is 93.8 cm³/mol. The molecule has 1 aliphatic rings. The van der Waals surface area contributed by atoms with Gasteiger partial charge in [-0.05, 0) is 47.0 Å². The highest BCUT2D eigenvalue weighted by Gasteiger charge is 2.35. The van der Waals surface area contributed by atoms with Gasteiger partial charge in [-0.2, -0.15) is 0 Å². The number of nitrogens with two attached hydrogens (primary N) is 1. The van der Waals surface area contributed by atoms with E-state index in [4.69, 9.17) is 29.6 Å². The van der Waals surface area contributed by atoms with E-state index in [2.05, 4.69) is 21.2 Å². The summed E-state index contributed by atoms with van der Waals surface area (Å²) in [5, 5.41) is 3.64. The van der Waals surface area contributed by atoms with Gasteiger partial charge in [0, 0.05) is 10.0 Å². The van der Waals surface area contributed by atoms with Crippen molar-refractivity contribution in [2.75, 3.05) is 0 Å². The molecule has 114 valence electrons. The van der Waals surface area contributed by atoms with Crippen LogP contribution in [0.15, 0.2) is 22.7 Å². The Labute approximate surface area is 143 Å². The second kappa shape index (κ2) is 7.07. The molecule has 0 radical (unpaired) electrons. The van der Waals surface area contributed by atoms with Crippen molar-refractivity contribution < 1.29 is 4.79 Å². The first-order chi connectivity index (χ1) is 9.94. The van der Waals surface area contributed by atoms with Gasteiger partial charge in [0.1, 0.15) is 0 Å². The number of hydrogen-bond acceptors (Lipinski definition) is 2. The Morgan fingerprint density at radius 2 is 1.90 bits per heavy atom. The summed E-state index contributed by atoms with van der Waals surface area (Å²) in [6, 6.07) is 5.11. The van der Waals surface area contributed by atoms with Gasteiger partial charge < -0.3 is 11.1 Å². The molecule has 0 saturated heterocycles. The molecule has 0 aliphatic heterocycles. The van der Waals surface area contributed by atoms with Gasteiger partial charge in [0.05, 0.1) is 15.6 Å². The first-order valence-corrected chi connectivity index (χ1v) is 8.60. The molecular formula is C15H18BrClN2OS. The molecule has 2 rings (SSSR count). The number of carbonyl (C=O) groups excluding carboxylic acids is 1. The Bertz CT molecular complexity index is 557. The molecule has 1 aromatic carbocycles. The third-order valence-electron chi connectivity index (χ3n) is 3.96. The van der Waals surface area contributed by atoms with Crippen molar-refractivity contribution in [1.29, 1.82) is 0 Å². The van der Waals surface area contributed by atoms with Crippen molar-refractivity contribution in [1.82, 2.24) is 5.32 Å². The van der Waals surface area contributed by atoms with Crippen molar-refractivity contribution in [3.8, 4) is 0 Å². The van der Waals surface area contributed by atoms with Crippen LogP contribution < -0.4 is 11.1 Å². The van der Waals surface area contributed by atoms with Crippen molar-refractivity contribution >= 4 is 50.6 Å². The van der Waals surface area contributed by atoms with Crippen molar-refractivity contribution in [2.45, 2.75) is 44.1 Å². The number of amides is 1. The molecular weight excluding hydrogens is 372 g/mol. The summed E-state index contributed by atoms with van der Waals surface area (Å²) in [5.74, 6) is -0.165. The maximum atomic E-state index is 12.5. The molecule has 1 aromatic rings. The van der Waals surface area contributed by atoms with E-state index in [1.54, 1.807) is 18.2 Å². The van der Waals surface area contributed by atoms with E-state index in [0.29, 0.717) is 20.0 Å².